The smallest absolute Gasteiger partial charge is 0.310 e. The van der Waals surface area contributed by atoms with Crippen molar-refractivity contribution in [3.05, 3.63) is 33.9 Å². The van der Waals surface area contributed by atoms with Crippen molar-refractivity contribution in [3.8, 4) is 5.75 Å². The SMILES string of the molecule is CNCc1ccc([N+](=O)[O-])c(OCCC2CC2)c1. The van der Waals surface area contributed by atoms with Crippen LogP contribution in [0.5, 0.6) is 5.75 Å². The number of nitrogens with zero attached hydrogens (tertiary/aromatic N) is 1. The molecule has 1 aromatic carbocycles. The second-order valence-corrected chi connectivity index (χ2v) is 4.67. The van der Waals surface area contributed by atoms with Crippen LogP contribution in [-0.2, 0) is 6.54 Å². The largest absolute Gasteiger partial charge is 0.487 e. The zero-order chi connectivity index (χ0) is 13.0. The zero-order valence-electron chi connectivity index (χ0n) is 10.5. The Morgan fingerprint density at radius 1 is 1.50 bits per heavy atom. The zero-order valence-corrected chi connectivity index (χ0v) is 10.5. The molecule has 1 saturated carbocycles. The van der Waals surface area contributed by atoms with E-state index < -0.39 is 4.92 Å². The molecular formula is C13H18N2O3. The predicted molar refractivity (Wildman–Crippen MR) is 68.7 cm³/mol. The van der Waals surface area contributed by atoms with Crippen LogP contribution in [0, 0.1) is 16.0 Å². The van der Waals surface area contributed by atoms with Crippen LogP contribution in [0.2, 0.25) is 0 Å². The second-order valence-electron chi connectivity index (χ2n) is 4.67. The lowest BCUT2D eigenvalue weighted by atomic mass is 10.2. The summed E-state index contributed by atoms with van der Waals surface area (Å²) < 4.78 is 5.57. The Balaban J connectivity index is 2.05. The van der Waals surface area contributed by atoms with E-state index in [1.54, 1.807) is 12.1 Å². The van der Waals surface area contributed by atoms with Gasteiger partial charge in [0.1, 0.15) is 0 Å². The van der Waals surface area contributed by atoms with Crippen LogP contribution in [-0.4, -0.2) is 18.6 Å². The number of nitro benzene ring substituents is 1. The lowest BCUT2D eigenvalue weighted by Crippen LogP contribution is -2.07. The lowest BCUT2D eigenvalue weighted by Gasteiger charge is -2.08. The molecule has 18 heavy (non-hydrogen) atoms. The first-order chi connectivity index (χ1) is 8.70. The minimum absolute atomic E-state index is 0.0469. The summed E-state index contributed by atoms with van der Waals surface area (Å²) in [4.78, 5) is 10.5. The van der Waals surface area contributed by atoms with Crippen molar-refractivity contribution in [2.24, 2.45) is 5.92 Å². The summed E-state index contributed by atoms with van der Waals surface area (Å²) in [7, 11) is 1.84. The van der Waals surface area contributed by atoms with Crippen LogP contribution >= 0.6 is 0 Å². The number of ether oxygens (including phenoxy) is 1. The summed E-state index contributed by atoms with van der Waals surface area (Å²) in [5.74, 6) is 1.15. The molecule has 5 heteroatoms. The Kier molecular flexibility index (Phi) is 4.15. The number of rotatable bonds is 7. The number of nitro groups is 1. The second kappa shape index (κ2) is 5.82. The van der Waals surface area contributed by atoms with E-state index in [2.05, 4.69) is 5.32 Å². The van der Waals surface area contributed by atoms with Gasteiger partial charge in [0.05, 0.1) is 11.5 Å². The van der Waals surface area contributed by atoms with Crippen LogP contribution in [0.15, 0.2) is 18.2 Å². The van der Waals surface area contributed by atoms with Gasteiger partial charge in [0.25, 0.3) is 0 Å². The van der Waals surface area contributed by atoms with Crippen LogP contribution in [0.3, 0.4) is 0 Å². The first-order valence-electron chi connectivity index (χ1n) is 6.25. The highest BCUT2D eigenvalue weighted by atomic mass is 16.6. The minimum atomic E-state index is -0.393. The summed E-state index contributed by atoms with van der Waals surface area (Å²) in [6, 6.07) is 5.02. The molecule has 0 unspecified atom stereocenters. The maximum Gasteiger partial charge on any atom is 0.310 e. The molecule has 0 amide bonds. The monoisotopic (exact) mass is 250 g/mol. The van der Waals surface area contributed by atoms with Crippen molar-refractivity contribution >= 4 is 5.69 Å². The van der Waals surface area contributed by atoms with Crippen molar-refractivity contribution in [2.75, 3.05) is 13.7 Å². The van der Waals surface area contributed by atoms with Gasteiger partial charge < -0.3 is 10.1 Å². The normalized spacial score (nSPS) is 14.5. The molecule has 0 spiro atoms. The molecule has 1 aliphatic carbocycles. The third kappa shape index (κ3) is 3.43. The summed E-state index contributed by atoms with van der Waals surface area (Å²) >= 11 is 0. The molecule has 0 aliphatic heterocycles. The van der Waals surface area contributed by atoms with Crippen LogP contribution in [0.25, 0.3) is 0 Å². The van der Waals surface area contributed by atoms with Gasteiger partial charge in [-0.3, -0.25) is 10.1 Å². The van der Waals surface area contributed by atoms with Crippen molar-refractivity contribution < 1.29 is 9.66 Å². The third-order valence-electron chi connectivity index (χ3n) is 3.08. The van der Waals surface area contributed by atoms with Gasteiger partial charge in [-0.2, -0.15) is 0 Å². The highest BCUT2D eigenvalue weighted by Gasteiger charge is 2.22. The van der Waals surface area contributed by atoms with E-state index in [0.29, 0.717) is 18.9 Å². The molecule has 1 fully saturated rings. The number of hydrogen-bond donors (Lipinski definition) is 1. The first-order valence-corrected chi connectivity index (χ1v) is 6.25. The van der Waals surface area contributed by atoms with Gasteiger partial charge in [-0.1, -0.05) is 18.9 Å². The van der Waals surface area contributed by atoms with Gasteiger partial charge in [0, 0.05) is 12.6 Å². The van der Waals surface area contributed by atoms with Gasteiger partial charge >= 0.3 is 5.69 Å². The summed E-state index contributed by atoms with van der Waals surface area (Å²) in [5, 5.41) is 13.9. The molecule has 0 atom stereocenters. The summed E-state index contributed by atoms with van der Waals surface area (Å²) in [6.07, 6.45) is 3.53. The molecule has 0 saturated heterocycles. The minimum Gasteiger partial charge on any atom is -0.487 e. The van der Waals surface area contributed by atoms with E-state index in [4.69, 9.17) is 4.74 Å². The van der Waals surface area contributed by atoms with E-state index in [9.17, 15) is 10.1 Å². The van der Waals surface area contributed by atoms with E-state index in [1.807, 2.05) is 7.05 Å². The predicted octanol–water partition coefficient (Wildman–Crippen LogP) is 2.49. The molecule has 1 aliphatic rings. The van der Waals surface area contributed by atoms with Crippen molar-refractivity contribution in [2.45, 2.75) is 25.8 Å². The summed E-state index contributed by atoms with van der Waals surface area (Å²) in [6.45, 7) is 1.24. The van der Waals surface area contributed by atoms with E-state index in [1.165, 1.54) is 18.9 Å². The van der Waals surface area contributed by atoms with Crippen molar-refractivity contribution in [1.29, 1.82) is 0 Å². The molecule has 1 aromatic rings. The van der Waals surface area contributed by atoms with Crippen LogP contribution < -0.4 is 10.1 Å². The molecule has 0 radical (unpaired) electrons. The maximum absolute atomic E-state index is 10.9. The van der Waals surface area contributed by atoms with Gasteiger partial charge in [-0.15, -0.1) is 0 Å². The molecule has 1 N–H and O–H groups in total. The quantitative estimate of drug-likeness (QED) is 0.596. The number of benzene rings is 1. The Morgan fingerprint density at radius 3 is 2.89 bits per heavy atom. The highest BCUT2D eigenvalue weighted by Crippen LogP contribution is 2.33. The standard InChI is InChI=1S/C13H18N2O3/c1-14-9-11-4-5-12(15(16)17)13(8-11)18-7-6-10-2-3-10/h4-5,8,10,14H,2-3,6-7,9H2,1H3. The van der Waals surface area contributed by atoms with E-state index in [-0.39, 0.29) is 5.69 Å². The van der Waals surface area contributed by atoms with Crippen molar-refractivity contribution in [3.63, 3.8) is 0 Å². The van der Waals surface area contributed by atoms with Gasteiger partial charge in [0.15, 0.2) is 5.75 Å². The fourth-order valence-electron chi connectivity index (χ4n) is 1.88. The van der Waals surface area contributed by atoms with Gasteiger partial charge in [-0.25, -0.2) is 0 Å². The molecule has 0 bridgehead atoms. The molecule has 0 heterocycles. The Hall–Kier alpha value is -1.62. The maximum atomic E-state index is 10.9. The number of hydrogen-bond acceptors (Lipinski definition) is 4. The fourth-order valence-corrected chi connectivity index (χ4v) is 1.88. The van der Waals surface area contributed by atoms with E-state index in [0.717, 1.165) is 17.9 Å². The Morgan fingerprint density at radius 2 is 2.28 bits per heavy atom. The molecule has 98 valence electrons. The topological polar surface area (TPSA) is 64.4 Å². The molecular weight excluding hydrogens is 232 g/mol. The lowest BCUT2D eigenvalue weighted by molar-refractivity contribution is -0.385. The van der Waals surface area contributed by atoms with Crippen molar-refractivity contribution in [1.82, 2.24) is 5.32 Å². The van der Waals surface area contributed by atoms with Crippen LogP contribution in [0.4, 0.5) is 5.69 Å². The Labute approximate surface area is 106 Å². The number of nitrogens with one attached hydrogen (secondary N) is 1. The Bertz CT molecular complexity index is 430. The van der Waals surface area contributed by atoms with E-state index >= 15 is 0 Å². The molecule has 0 aromatic heterocycles. The molecule has 2 rings (SSSR count). The average molecular weight is 250 g/mol. The fraction of sp³-hybridized carbons (Fsp3) is 0.538. The van der Waals surface area contributed by atoms with Crippen LogP contribution in [0.1, 0.15) is 24.8 Å². The van der Waals surface area contributed by atoms with Gasteiger partial charge in [-0.05, 0) is 31.0 Å². The molecule has 5 nitrogen and oxygen atoms in total. The van der Waals surface area contributed by atoms with Gasteiger partial charge in [0.2, 0.25) is 0 Å². The highest BCUT2D eigenvalue weighted by molar-refractivity contribution is 5.48. The first kappa shape index (κ1) is 12.8. The third-order valence-corrected chi connectivity index (χ3v) is 3.08. The average Bonchev–Trinajstić information content (AvgIpc) is 3.13. The summed E-state index contributed by atoms with van der Waals surface area (Å²) in [5.41, 5.74) is 1.04.